The van der Waals surface area contributed by atoms with Crippen molar-refractivity contribution in [1.82, 2.24) is 9.62 Å². The number of aryl methyl sites for hydroxylation is 1. The molecule has 1 aliphatic heterocycles. The minimum atomic E-state index is -3.32. The summed E-state index contributed by atoms with van der Waals surface area (Å²) in [5.41, 5.74) is 0.810. The highest BCUT2D eigenvalue weighted by Gasteiger charge is 2.25. The molecule has 1 heterocycles. The molecule has 1 aromatic rings. The fraction of sp³-hybridized carbons (Fsp3) is 0.500. The first-order chi connectivity index (χ1) is 8.12. The predicted molar refractivity (Wildman–Crippen MR) is 67.4 cm³/mol. The highest BCUT2D eigenvalue weighted by Crippen LogP contribution is 2.19. The molecule has 0 saturated carbocycles. The molecule has 1 saturated heterocycles. The van der Waals surface area contributed by atoms with E-state index in [1.807, 2.05) is 19.1 Å². The molecular weight excluding hydrogens is 236 g/mol. The van der Waals surface area contributed by atoms with Gasteiger partial charge in [-0.15, -0.1) is 0 Å². The Balaban J connectivity index is 2.32. The Kier molecular flexibility index (Phi) is 3.81. The van der Waals surface area contributed by atoms with Gasteiger partial charge in [-0.2, -0.15) is 4.31 Å². The number of rotatable bonds is 2. The molecule has 5 heteroatoms. The summed E-state index contributed by atoms with van der Waals surface area (Å²) in [5, 5.41) is 3.21. The van der Waals surface area contributed by atoms with Crippen molar-refractivity contribution in [2.75, 3.05) is 26.2 Å². The third-order valence-electron chi connectivity index (χ3n) is 3.01. The average Bonchev–Trinajstić information content (AvgIpc) is 2.58. The Bertz CT molecular complexity index is 477. The van der Waals surface area contributed by atoms with Crippen molar-refractivity contribution in [3.63, 3.8) is 0 Å². The summed E-state index contributed by atoms with van der Waals surface area (Å²) in [4.78, 5) is 0.432. The molecule has 0 spiro atoms. The van der Waals surface area contributed by atoms with Crippen LogP contribution in [0.15, 0.2) is 29.2 Å². The van der Waals surface area contributed by atoms with Gasteiger partial charge in [0.15, 0.2) is 0 Å². The van der Waals surface area contributed by atoms with Crippen molar-refractivity contribution >= 4 is 10.0 Å². The molecule has 1 aliphatic rings. The molecule has 1 N–H and O–H groups in total. The van der Waals surface area contributed by atoms with Gasteiger partial charge in [0, 0.05) is 19.6 Å². The SMILES string of the molecule is Cc1ccccc1S(=O)(=O)N1CCCNCC1. The maximum absolute atomic E-state index is 12.5. The third-order valence-corrected chi connectivity index (χ3v) is 5.07. The monoisotopic (exact) mass is 254 g/mol. The summed E-state index contributed by atoms with van der Waals surface area (Å²) in [6.07, 6.45) is 0.866. The van der Waals surface area contributed by atoms with E-state index in [1.54, 1.807) is 16.4 Å². The second-order valence-electron chi connectivity index (χ2n) is 4.27. The Morgan fingerprint density at radius 3 is 2.71 bits per heavy atom. The average molecular weight is 254 g/mol. The smallest absolute Gasteiger partial charge is 0.243 e. The van der Waals surface area contributed by atoms with Crippen LogP contribution in [0.2, 0.25) is 0 Å². The molecule has 2 rings (SSSR count). The van der Waals surface area contributed by atoms with Gasteiger partial charge in [0.2, 0.25) is 10.0 Å². The Morgan fingerprint density at radius 1 is 1.18 bits per heavy atom. The fourth-order valence-corrected chi connectivity index (χ4v) is 3.75. The largest absolute Gasteiger partial charge is 0.315 e. The lowest BCUT2D eigenvalue weighted by Gasteiger charge is -2.20. The van der Waals surface area contributed by atoms with E-state index in [0.717, 1.165) is 25.1 Å². The Labute approximate surface area is 103 Å². The van der Waals surface area contributed by atoms with E-state index in [2.05, 4.69) is 5.32 Å². The molecule has 0 aromatic heterocycles. The normalized spacial score (nSPS) is 18.9. The molecule has 17 heavy (non-hydrogen) atoms. The van der Waals surface area contributed by atoms with Crippen molar-refractivity contribution < 1.29 is 8.42 Å². The van der Waals surface area contributed by atoms with Gasteiger partial charge >= 0.3 is 0 Å². The minimum Gasteiger partial charge on any atom is -0.315 e. The van der Waals surface area contributed by atoms with Gasteiger partial charge in [-0.3, -0.25) is 0 Å². The molecule has 94 valence electrons. The molecule has 0 amide bonds. The lowest BCUT2D eigenvalue weighted by Crippen LogP contribution is -2.34. The molecule has 1 aromatic carbocycles. The van der Waals surface area contributed by atoms with Crippen molar-refractivity contribution in [2.45, 2.75) is 18.2 Å². The van der Waals surface area contributed by atoms with Gasteiger partial charge < -0.3 is 5.32 Å². The van der Waals surface area contributed by atoms with Gasteiger partial charge in [0.25, 0.3) is 0 Å². The standard InChI is InChI=1S/C12H18N2O2S/c1-11-5-2-3-6-12(11)17(15,16)14-9-4-7-13-8-10-14/h2-3,5-6,13H,4,7-10H2,1H3. The highest BCUT2D eigenvalue weighted by atomic mass is 32.2. The zero-order chi connectivity index (χ0) is 12.3. The summed E-state index contributed by atoms with van der Waals surface area (Å²) >= 11 is 0. The van der Waals surface area contributed by atoms with Crippen LogP contribution in [0.5, 0.6) is 0 Å². The summed E-state index contributed by atoms with van der Waals surface area (Å²) in [5.74, 6) is 0. The van der Waals surface area contributed by atoms with Gasteiger partial charge in [-0.1, -0.05) is 18.2 Å². The van der Waals surface area contributed by atoms with Crippen LogP contribution in [0.3, 0.4) is 0 Å². The minimum absolute atomic E-state index is 0.432. The second-order valence-corrected chi connectivity index (χ2v) is 6.18. The topological polar surface area (TPSA) is 49.4 Å². The Hall–Kier alpha value is -0.910. The number of hydrogen-bond acceptors (Lipinski definition) is 3. The number of sulfonamides is 1. The summed E-state index contributed by atoms with van der Waals surface area (Å²) in [6.45, 7) is 4.61. The lowest BCUT2D eigenvalue weighted by atomic mass is 10.2. The van der Waals surface area contributed by atoms with Crippen LogP contribution >= 0.6 is 0 Å². The zero-order valence-electron chi connectivity index (χ0n) is 10.0. The molecular formula is C12H18N2O2S. The molecule has 0 unspecified atom stereocenters. The summed E-state index contributed by atoms with van der Waals surface area (Å²) < 4.78 is 26.5. The van der Waals surface area contributed by atoms with Gasteiger partial charge in [-0.05, 0) is 31.5 Å². The molecule has 1 fully saturated rings. The van der Waals surface area contributed by atoms with Crippen LogP contribution in [0.1, 0.15) is 12.0 Å². The predicted octanol–water partition coefficient (Wildman–Crippen LogP) is 0.979. The van der Waals surface area contributed by atoms with E-state index in [1.165, 1.54) is 0 Å². The van der Waals surface area contributed by atoms with E-state index < -0.39 is 10.0 Å². The molecule has 0 bridgehead atoms. The maximum atomic E-state index is 12.5. The summed E-state index contributed by atoms with van der Waals surface area (Å²) in [7, 11) is -3.32. The zero-order valence-corrected chi connectivity index (χ0v) is 10.8. The van der Waals surface area contributed by atoms with Crippen LogP contribution in [0.25, 0.3) is 0 Å². The Morgan fingerprint density at radius 2 is 1.94 bits per heavy atom. The first-order valence-corrected chi connectivity index (χ1v) is 7.33. The van der Waals surface area contributed by atoms with E-state index in [4.69, 9.17) is 0 Å². The number of benzene rings is 1. The van der Waals surface area contributed by atoms with E-state index >= 15 is 0 Å². The van der Waals surface area contributed by atoms with Crippen molar-refractivity contribution in [2.24, 2.45) is 0 Å². The first kappa shape index (κ1) is 12.5. The lowest BCUT2D eigenvalue weighted by molar-refractivity contribution is 0.431. The van der Waals surface area contributed by atoms with Crippen LogP contribution in [-0.4, -0.2) is 38.9 Å². The molecule has 0 aliphatic carbocycles. The number of hydrogen-bond donors (Lipinski definition) is 1. The van der Waals surface area contributed by atoms with Gasteiger partial charge in [0.1, 0.15) is 0 Å². The van der Waals surface area contributed by atoms with Gasteiger partial charge in [0.05, 0.1) is 4.90 Å². The van der Waals surface area contributed by atoms with Crippen molar-refractivity contribution in [3.8, 4) is 0 Å². The maximum Gasteiger partial charge on any atom is 0.243 e. The molecule has 0 radical (unpaired) electrons. The highest BCUT2D eigenvalue weighted by molar-refractivity contribution is 7.89. The van der Waals surface area contributed by atoms with E-state index in [-0.39, 0.29) is 0 Å². The van der Waals surface area contributed by atoms with Gasteiger partial charge in [-0.25, -0.2) is 8.42 Å². The van der Waals surface area contributed by atoms with Crippen molar-refractivity contribution in [1.29, 1.82) is 0 Å². The fourth-order valence-electron chi connectivity index (χ4n) is 2.05. The van der Waals surface area contributed by atoms with Crippen LogP contribution in [0, 0.1) is 6.92 Å². The summed E-state index contributed by atoms with van der Waals surface area (Å²) in [6, 6.07) is 7.15. The quantitative estimate of drug-likeness (QED) is 0.856. The first-order valence-electron chi connectivity index (χ1n) is 5.89. The van der Waals surface area contributed by atoms with Crippen LogP contribution in [-0.2, 0) is 10.0 Å². The van der Waals surface area contributed by atoms with Crippen LogP contribution < -0.4 is 5.32 Å². The number of nitrogens with zero attached hydrogens (tertiary/aromatic N) is 1. The van der Waals surface area contributed by atoms with E-state index in [0.29, 0.717) is 18.0 Å². The van der Waals surface area contributed by atoms with E-state index in [9.17, 15) is 8.42 Å². The molecule has 0 atom stereocenters. The van der Waals surface area contributed by atoms with Crippen LogP contribution in [0.4, 0.5) is 0 Å². The third kappa shape index (κ3) is 2.68. The van der Waals surface area contributed by atoms with Crippen molar-refractivity contribution in [3.05, 3.63) is 29.8 Å². The second kappa shape index (κ2) is 5.16. The number of nitrogens with one attached hydrogen (secondary N) is 1. The molecule has 4 nitrogen and oxygen atoms in total.